The van der Waals surface area contributed by atoms with Gasteiger partial charge in [0.05, 0.1) is 12.1 Å². The summed E-state index contributed by atoms with van der Waals surface area (Å²) in [4.78, 5) is 39.0. The normalized spacial score (nSPS) is 14.6. The van der Waals surface area contributed by atoms with Crippen LogP contribution < -0.4 is 10.0 Å². The van der Waals surface area contributed by atoms with Crippen molar-refractivity contribution in [1.29, 1.82) is 0 Å². The van der Waals surface area contributed by atoms with Crippen molar-refractivity contribution in [2.45, 2.75) is 62.9 Å². The van der Waals surface area contributed by atoms with Crippen LogP contribution in [-0.4, -0.2) is 71.9 Å². The number of nitrogens with one attached hydrogen (secondary N) is 3. The number of ether oxygens (including phenoxy) is 1. The van der Waals surface area contributed by atoms with Crippen molar-refractivity contribution in [2.75, 3.05) is 25.0 Å². The highest BCUT2D eigenvalue weighted by Crippen LogP contribution is 2.27. The number of carbonyl (C=O) groups is 2. The van der Waals surface area contributed by atoms with Gasteiger partial charge in [0, 0.05) is 36.6 Å². The highest BCUT2D eigenvalue weighted by Gasteiger charge is 2.36. The highest BCUT2D eigenvalue weighted by molar-refractivity contribution is 7.89. The number of fused-ring (bicyclic) bond motifs is 1. The minimum absolute atomic E-state index is 0.00194. The van der Waals surface area contributed by atoms with E-state index in [2.05, 4.69) is 25.0 Å². The molecule has 1 saturated carbocycles. The summed E-state index contributed by atoms with van der Waals surface area (Å²) >= 11 is 0. The summed E-state index contributed by atoms with van der Waals surface area (Å²) in [6, 6.07) is 5.60. The average molecular weight is 543 g/mol. The average Bonchev–Trinajstić information content (AvgIpc) is 3.37. The molecule has 0 spiro atoms. The molecule has 1 atom stereocenters. The van der Waals surface area contributed by atoms with E-state index in [1.165, 1.54) is 11.0 Å². The zero-order valence-corrected chi connectivity index (χ0v) is 22.5. The second-order valence-corrected chi connectivity index (χ2v) is 11.1. The molecule has 38 heavy (non-hydrogen) atoms. The van der Waals surface area contributed by atoms with E-state index < -0.39 is 27.9 Å². The van der Waals surface area contributed by atoms with Gasteiger partial charge < -0.3 is 19.9 Å². The molecule has 0 radical (unpaired) electrons. The standard InChI is InChI=1S/C26H34N6O5S/c1-3-37-23(33)17-32(20-8-5-9-20)25(34)21(10-6-12-27-26-28-13-14-29-26)31-38(35,36)22-11-4-7-19-15-18(2)16-30-24(19)22/h4,7,11,13-16,20-21,31H,3,5-6,8-10,12,17H2,1-2H3,(H2,27,28,29)/t21-/m0/s1. The Morgan fingerprint density at radius 2 is 2.08 bits per heavy atom. The second kappa shape index (κ2) is 12.4. The van der Waals surface area contributed by atoms with Crippen LogP contribution in [0.2, 0.25) is 0 Å². The number of hydrogen-bond acceptors (Lipinski definition) is 8. The molecule has 0 bridgehead atoms. The second-order valence-electron chi connectivity index (χ2n) is 9.38. The number of pyridine rings is 1. The van der Waals surface area contributed by atoms with Gasteiger partial charge in [-0.05, 0) is 63.6 Å². The number of aromatic amines is 1. The summed E-state index contributed by atoms with van der Waals surface area (Å²) in [7, 11) is -4.13. The molecule has 1 fully saturated rings. The Balaban J connectivity index is 1.58. The zero-order chi connectivity index (χ0) is 27.1. The van der Waals surface area contributed by atoms with E-state index in [4.69, 9.17) is 4.74 Å². The number of amides is 1. The Labute approximate surface area is 222 Å². The number of rotatable bonds is 13. The number of anilines is 1. The molecule has 2 aromatic heterocycles. The smallest absolute Gasteiger partial charge is 0.325 e. The molecule has 1 amide bonds. The molecular formula is C26H34N6O5S. The summed E-state index contributed by atoms with van der Waals surface area (Å²) < 4.78 is 35.0. The predicted octanol–water partition coefficient (Wildman–Crippen LogP) is 2.75. The molecule has 0 saturated heterocycles. The quantitative estimate of drug-likeness (QED) is 0.221. The van der Waals surface area contributed by atoms with Gasteiger partial charge in [-0.3, -0.25) is 14.6 Å². The monoisotopic (exact) mass is 542 g/mol. The maximum absolute atomic E-state index is 13.8. The van der Waals surface area contributed by atoms with Crippen molar-refractivity contribution >= 4 is 38.8 Å². The number of H-pyrrole nitrogens is 1. The number of para-hydroxylation sites is 1. The Hall–Kier alpha value is -3.51. The fourth-order valence-electron chi connectivity index (χ4n) is 4.45. The van der Waals surface area contributed by atoms with Gasteiger partial charge in [-0.15, -0.1) is 0 Å². The van der Waals surface area contributed by atoms with E-state index in [9.17, 15) is 18.0 Å². The van der Waals surface area contributed by atoms with Crippen molar-refractivity contribution in [3.63, 3.8) is 0 Å². The number of aromatic nitrogens is 3. The summed E-state index contributed by atoms with van der Waals surface area (Å²) in [5.41, 5.74) is 1.24. The fraction of sp³-hybridized carbons (Fsp3) is 0.462. The van der Waals surface area contributed by atoms with Crippen LogP contribution in [0.15, 0.2) is 47.8 Å². The van der Waals surface area contributed by atoms with Crippen LogP contribution in [0, 0.1) is 6.92 Å². The third-order valence-corrected chi connectivity index (χ3v) is 8.06. The Morgan fingerprint density at radius 1 is 1.26 bits per heavy atom. The molecular weight excluding hydrogens is 508 g/mol. The molecule has 3 aromatic rings. The molecule has 1 aromatic carbocycles. The van der Waals surface area contributed by atoms with Crippen LogP contribution in [-0.2, 0) is 24.3 Å². The number of nitrogens with zero attached hydrogens (tertiary/aromatic N) is 3. The van der Waals surface area contributed by atoms with Gasteiger partial charge >= 0.3 is 5.97 Å². The first-order valence-corrected chi connectivity index (χ1v) is 14.3. The number of carbonyl (C=O) groups excluding carboxylic acids is 2. The molecule has 2 heterocycles. The SMILES string of the molecule is CCOC(=O)CN(C(=O)[C@H](CCCNc1ncc[nH]1)NS(=O)(=O)c1cccc2cc(C)cnc12)C1CCC1. The largest absolute Gasteiger partial charge is 0.465 e. The molecule has 1 aliphatic carbocycles. The molecule has 0 aliphatic heterocycles. The fourth-order valence-corrected chi connectivity index (χ4v) is 5.85. The molecule has 3 N–H and O–H groups in total. The van der Waals surface area contributed by atoms with Gasteiger partial charge in [0.2, 0.25) is 15.9 Å². The van der Waals surface area contributed by atoms with Gasteiger partial charge in [0.1, 0.15) is 17.5 Å². The summed E-state index contributed by atoms with van der Waals surface area (Å²) in [5, 5.41) is 3.80. The lowest BCUT2D eigenvalue weighted by Crippen LogP contribution is -2.55. The maximum atomic E-state index is 13.8. The van der Waals surface area contributed by atoms with E-state index >= 15 is 0 Å². The third-order valence-electron chi connectivity index (χ3n) is 6.56. The first-order valence-electron chi connectivity index (χ1n) is 12.9. The van der Waals surface area contributed by atoms with Crippen LogP contribution in [0.1, 0.15) is 44.6 Å². The van der Waals surface area contributed by atoms with Crippen LogP contribution in [0.5, 0.6) is 0 Å². The van der Waals surface area contributed by atoms with Gasteiger partial charge in [0.15, 0.2) is 5.95 Å². The zero-order valence-electron chi connectivity index (χ0n) is 21.6. The topological polar surface area (TPSA) is 146 Å². The number of benzene rings is 1. The van der Waals surface area contributed by atoms with Gasteiger partial charge in [0.25, 0.3) is 0 Å². The van der Waals surface area contributed by atoms with Gasteiger partial charge in [-0.25, -0.2) is 13.4 Å². The molecule has 204 valence electrons. The lowest BCUT2D eigenvalue weighted by molar-refractivity contribution is -0.152. The molecule has 4 rings (SSSR count). The van der Waals surface area contributed by atoms with E-state index in [1.54, 1.807) is 37.6 Å². The van der Waals surface area contributed by atoms with Crippen LogP contribution >= 0.6 is 0 Å². The van der Waals surface area contributed by atoms with Crippen LogP contribution in [0.25, 0.3) is 10.9 Å². The third kappa shape index (κ3) is 6.67. The minimum atomic E-state index is -4.13. The van der Waals surface area contributed by atoms with Crippen molar-refractivity contribution in [2.24, 2.45) is 0 Å². The number of sulfonamides is 1. The molecule has 11 nitrogen and oxygen atoms in total. The maximum Gasteiger partial charge on any atom is 0.325 e. The van der Waals surface area contributed by atoms with E-state index in [0.717, 1.165) is 24.8 Å². The Morgan fingerprint density at radius 3 is 2.76 bits per heavy atom. The Bertz CT molecular complexity index is 1360. The lowest BCUT2D eigenvalue weighted by Gasteiger charge is -2.38. The first kappa shape index (κ1) is 27.5. The number of aryl methyl sites for hydroxylation is 1. The first-order chi connectivity index (χ1) is 18.3. The molecule has 0 unspecified atom stereocenters. The highest BCUT2D eigenvalue weighted by atomic mass is 32.2. The lowest BCUT2D eigenvalue weighted by atomic mass is 9.90. The Kier molecular flexibility index (Phi) is 8.95. The predicted molar refractivity (Wildman–Crippen MR) is 143 cm³/mol. The molecule has 12 heteroatoms. The van der Waals surface area contributed by atoms with Crippen molar-refractivity contribution < 1.29 is 22.7 Å². The number of imidazole rings is 1. The van der Waals surface area contributed by atoms with Crippen molar-refractivity contribution in [3.05, 3.63) is 48.4 Å². The van der Waals surface area contributed by atoms with Crippen LogP contribution in [0.3, 0.4) is 0 Å². The van der Waals surface area contributed by atoms with E-state index in [0.29, 0.717) is 29.8 Å². The van der Waals surface area contributed by atoms with Crippen molar-refractivity contribution in [3.8, 4) is 0 Å². The number of esters is 1. The van der Waals surface area contributed by atoms with Gasteiger partial charge in [-0.2, -0.15) is 4.72 Å². The van der Waals surface area contributed by atoms with E-state index in [-0.39, 0.29) is 30.5 Å². The summed E-state index contributed by atoms with van der Waals surface area (Å²) in [6.45, 7) is 4.05. The summed E-state index contributed by atoms with van der Waals surface area (Å²) in [6.07, 6.45) is 8.08. The van der Waals surface area contributed by atoms with E-state index in [1.807, 2.05) is 13.0 Å². The number of hydrogen-bond donors (Lipinski definition) is 3. The molecule has 1 aliphatic rings. The summed E-state index contributed by atoms with van der Waals surface area (Å²) in [5.74, 6) is -0.361. The van der Waals surface area contributed by atoms with Crippen molar-refractivity contribution in [1.82, 2.24) is 24.6 Å². The van der Waals surface area contributed by atoms with Gasteiger partial charge in [-0.1, -0.05) is 12.1 Å². The van der Waals surface area contributed by atoms with Crippen LogP contribution in [0.4, 0.5) is 5.95 Å². The minimum Gasteiger partial charge on any atom is -0.465 e.